The fraction of sp³-hybridized carbons (Fsp3) is 0.545. The fourth-order valence-electron chi connectivity index (χ4n) is 3.70. The third kappa shape index (κ3) is 6.08. The van der Waals surface area contributed by atoms with Crippen LogP contribution in [0.15, 0.2) is 29.4 Å². The van der Waals surface area contributed by atoms with Gasteiger partial charge in [0.15, 0.2) is 5.16 Å². The number of thioether (sulfide) groups is 1. The van der Waals surface area contributed by atoms with Crippen molar-refractivity contribution in [3.63, 3.8) is 0 Å². The molecule has 8 heteroatoms. The van der Waals surface area contributed by atoms with Crippen molar-refractivity contribution >= 4 is 29.3 Å². The molecule has 0 aliphatic heterocycles. The smallest absolute Gasteiger partial charge is 0.233 e. The van der Waals surface area contributed by atoms with Gasteiger partial charge in [-0.2, -0.15) is 0 Å². The van der Waals surface area contributed by atoms with Crippen LogP contribution in [0.1, 0.15) is 57.3 Å². The number of carbonyl (C=O) groups excluding carboxylic acids is 2. The summed E-state index contributed by atoms with van der Waals surface area (Å²) in [5.74, 6) is 0.503. The Bertz CT molecular complexity index is 876. The zero-order chi connectivity index (χ0) is 21.5. The lowest BCUT2D eigenvalue weighted by atomic mass is 9.95. The Morgan fingerprint density at radius 2 is 2.00 bits per heavy atom. The van der Waals surface area contributed by atoms with Gasteiger partial charge in [-0.05, 0) is 51.3 Å². The molecule has 0 spiro atoms. The van der Waals surface area contributed by atoms with Crippen molar-refractivity contribution in [1.82, 2.24) is 20.1 Å². The number of aryl methyl sites for hydroxylation is 1. The summed E-state index contributed by atoms with van der Waals surface area (Å²) in [4.78, 5) is 25.0. The molecule has 2 aromatic rings. The normalized spacial score (nSPS) is 15.6. The van der Waals surface area contributed by atoms with Crippen LogP contribution in [0, 0.1) is 6.92 Å². The van der Waals surface area contributed by atoms with Crippen LogP contribution in [-0.2, 0) is 22.6 Å². The Kier molecular flexibility index (Phi) is 7.90. The Hall–Kier alpha value is -2.35. The zero-order valence-electron chi connectivity index (χ0n) is 18.0. The van der Waals surface area contributed by atoms with Gasteiger partial charge in [-0.1, -0.05) is 43.2 Å². The molecule has 3 rings (SSSR count). The van der Waals surface area contributed by atoms with E-state index in [-0.39, 0.29) is 23.5 Å². The second-order valence-electron chi connectivity index (χ2n) is 7.84. The van der Waals surface area contributed by atoms with Crippen LogP contribution in [-0.4, -0.2) is 37.9 Å². The molecule has 7 nitrogen and oxygen atoms in total. The first-order chi connectivity index (χ1) is 14.5. The maximum absolute atomic E-state index is 12.6. The number of rotatable bonds is 8. The van der Waals surface area contributed by atoms with E-state index < -0.39 is 0 Å². The van der Waals surface area contributed by atoms with Crippen molar-refractivity contribution in [1.29, 1.82) is 0 Å². The van der Waals surface area contributed by atoms with E-state index in [0.717, 1.165) is 24.1 Å². The molecule has 1 aliphatic carbocycles. The highest BCUT2D eigenvalue weighted by atomic mass is 32.2. The molecular weight excluding hydrogens is 398 g/mol. The first kappa shape index (κ1) is 22.3. The van der Waals surface area contributed by atoms with Crippen LogP contribution >= 0.6 is 11.8 Å². The van der Waals surface area contributed by atoms with E-state index in [1.165, 1.54) is 31.0 Å². The van der Waals surface area contributed by atoms with E-state index in [2.05, 4.69) is 20.8 Å². The minimum absolute atomic E-state index is 0.0382. The van der Waals surface area contributed by atoms with Crippen LogP contribution in [0.25, 0.3) is 0 Å². The number of hydrogen-bond acceptors (Lipinski definition) is 5. The molecule has 1 heterocycles. The van der Waals surface area contributed by atoms with Crippen molar-refractivity contribution in [2.75, 3.05) is 5.32 Å². The lowest BCUT2D eigenvalue weighted by molar-refractivity contribution is -0.121. The van der Waals surface area contributed by atoms with Gasteiger partial charge in [0.25, 0.3) is 0 Å². The zero-order valence-corrected chi connectivity index (χ0v) is 18.8. The van der Waals surface area contributed by atoms with Gasteiger partial charge in [-0.15, -0.1) is 10.2 Å². The maximum Gasteiger partial charge on any atom is 0.233 e. The lowest BCUT2D eigenvalue weighted by Gasteiger charge is -2.24. The van der Waals surface area contributed by atoms with Crippen molar-refractivity contribution in [3.05, 3.63) is 35.7 Å². The SMILES string of the molecule is CCn1c(CC(=O)Nc2cccc(C)c2)nnc1SC(C)C(=O)NC1CCCCC1. The monoisotopic (exact) mass is 429 g/mol. The molecule has 30 heavy (non-hydrogen) atoms. The third-order valence-electron chi connectivity index (χ3n) is 5.33. The minimum atomic E-state index is -0.268. The standard InChI is InChI=1S/C22H31N5O2S/c1-4-27-19(14-20(28)23-18-12-8-9-15(2)13-18)25-26-22(27)30-16(3)21(29)24-17-10-6-5-7-11-17/h8-9,12-13,16-17H,4-7,10-11,14H2,1-3H3,(H,23,28)(H,24,29). The van der Waals surface area contributed by atoms with E-state index in [9.17, 15) is 9.59 Å². The molecule has 1 unspecified atom stereocenters. The number of benzene rings is 1. The van der Waals surface area contributed by atoms with E-state index in [1.54, 1.807) is 0 Å². The Morgan fingerprint density at radius 3 is 2.70 bits per heavy atom. The molecule has 1 fully saturated rings. The number of hydrogen-bond donors (Lipinski definition) is 2. The summed E-state index contributed by atoms with van der Waals surface area (Å²) in [5, 5.41) is 14.9. The van der Waals surface area contributed by atoms with Gasteiger partial charge in [0.05, 0.1) is 11.7 Å². The topological polar surface area (TPSA) is 88.9 Å². The number of nitrogens with one attached hydrogen (secondary N) is 2. The first-order valence-corrected chi connectivity index (χ1v) is 11.6. The fourth-order valence-corrected chi connectivity index (χ4v) is 4.64. The molecule has 2 N–H and O–H groups in total. The molecule has 1 aliphatic rings. The molecule has 162 valence electrons. The van der Waals surface area contributed by atoms with Gasteiger partial charge >= 0.3 is 0 Å². The highest BCUT2D eigenvalue weighted by Gasteiger charge is 2.23. The molecule has 0 saturated heterocycles. The van der Waals surface area contributed by atoms with Gasteiger partial charge in [0, 0.05) is 18.3 Å². The van der Waals surface area contributed by atoms with E-state index in [4.69, 9.17) is 0 Å². The Morgan fingerprint density at radius 1 is 1.23 bits per heavy atom. The van der Waals surface area contributed by atoms with Crippen LogP contribution < -0.4 is 10.6 Å². The molecule has 2 amide bonds. The summed E-state index contributed by atoms with van der Waals surface area (Å²) in [5.41, 5.74) is 1.86. The van der Waals surface area contributed by atoms with E-state index in [0.29, 0.717) is 23.6 Å². The number of amides is 2. The maximum atomic E-state index is 12.6. The highest BCUT2D eigenvalue weighted by Crippen LogP contribution is 2.24. The molecule has 1 atom stereocenters. The molecular formula is C22H31N5O2S. The average Bonchev–Trinajstić information content (AvgIpc) is 3.09. The van der Waals surface area contributed by atoms with Crippen LogP contribution in [0.4, 0.5) is 5.69 Å². The lowest BCUT2D eigenvalue weighted by Crippen LogP contribution is -2.40. The highest BCUT2D eigenvalue weighted by molar-refractivity contribution is 8.00. The average molecular weight is 430 g/mol. The van der Waals surface area contributed by atoms with Gasteiger partial charge in [-0.25, -0.2) is 0 Å². The van der Waals surface area contributed by atoms with Crippen LogP contribution in [0.2, 0.25) is 0 Å². The van der Waals surface area contributed by atoms with Crippen LogP contribution in [0.5, 0.6) is 0 Å². The summed E-state index contributed by atoms with van der Waals surface area (Å²) in [6.07, 6.45) is 5.90. The molecule has 1 saturated carbocycles. The van der Waals surface area contributed by atoms with Gasteiger partial charge in [0.2, 0.25) is 11.8 Å². The van der Waals surface area contributed by atoms with E-state index >= 15 is 0 Å². The summed E-state index contributed by atoms with van der Waals surface area (Å²) >= 11 is 1.39. The molecule has 1 aromatic heterocycles. The Labute approximate surface area is 182 Å². The largest absolute Gasteiger partial charge is 0.352 e. The Balaban J connectivity index is 1.58. The summed E-state index contributed by atoms with van der Waals surface area (Å²) in [6, 6.07) is 7.98. The number of carbonyl (C=O) groups is 2. The number of nitrogens with zero attached hydrogens (tertiary/aromatic N) is 3. The third-order valence-corrected chi connectivity index (χ3v) is 6.41. The number of aromatic nitrogens is 3. The predicted octanol–water partition coefficient (Wildman–Crippen LogP) is 3.72. The predicted molar refractivity (Wildman–Crippen MR) is 120 cm³/mol. The summed E-state index contributed by atoms with van der Waals surface area (Å²) in [7, 11) is 0. The van der Waals surface area contributed by atoms with Crippen molar-refractivity contribution in [2.45, 2.75) is 82.3 Å². The quantitative estimate of drug-likeness (QED) is 0.625. The molecule has 0 bridgehead atoms. The minimum Gasteiger partial charge on any atom is -0.352 e. The summed E-state index contributed by atoms with van der Waals surface area (Å²) in [6.45, 7) is 6.50. The molecule has 0 radical (unpaired) electrons. The van der Waals surface area contributed by atoms with E-state index in [1.807, 2.05) is 49.6 Å². The van der Waals surface area contributed by atoms with Gasteiger partial charge in [0.1, 0.15) is 5.82 Å². The van der Waals surface area contributed by atoms with Crippen LogP contribution in [0.3, 0.4) is 0 Å². The van der Waals surface area contributed by atoms with Gasteiger partial charge in [-0.3, -0.25) is 9.59 Å². The first-order valence-electron chi connectivity index (χ1n) is 10.7. The molecule has 1 aromatic carbocycles. The van der Waals surface area contributed by atoms with Crippen molar-refractivity contribution in [3.8, 4) is 0 Å². The van der Waals surface area contributed by atoms with Gasteiger partial charge < -0.3 is 15.2 Å². The summed E-state index contributed by atoms with van der Waals surface area (Å²) < 4.78 is 1.91. The van der Waals surface area contributed by atoms with Crippen molar-refractivity contribution in [2.24, 2.45) is 0 Å². The second-order valence-corrected chi connectivity index (χ2v) is 9.15. The number of anilines is 1. The van der Waals surface area contributed by atoms with Crippen molar-refractivity contribution < 1.29 is 9.59 Å². The second kappa shape index (κ2) is 10.6.